The first-order valence-electron chi connectivity index (χ1n) is 6.74. The fraction of sp³-hybridized carbons (Fsp3) is 0.533. The highest BCUT2D eigenvalue weighted by molar-refractivity contribution is 9.10. The van der Waals surface area contributed by atoms with Crippen LogP contribution < -0.4 is 0 Å². The van der Waals surface area contributed by atoms with Gasteiger partial charge < -0.3 is 4.74 Å². The van der Waals surface area contributed by atoms with Gasteiger partial charge >= 0.3 is 5.97 Å². The molecule has 0 aromatic heterocycles. The van der Waals surface area contributed by atoms with Gasteiger partial charge in [0.1, 0.15) is 0 Å². The summed E-state index contributed by atoms with van der Waals surface area (Å²) in [5.41, 5.74) is 1.24. The highest BCUT2D eigenvalue weighted by Crippen LogP contribution is 2.25. The third kappa shape index (κ3) is 4.32. The van der Waals surface area contributed by atoms with E-state index in [1.54, 1.807) is 0 Å². The van der Waals surface area contributed by atoms with E-state index in [4.69, 9.17) is 4.74 Å². The molecule has 0 N–H and O–H groups in total. The first-order valence-corrected chi connectivity index (χ1v) is 7.53. The van der Waals surface area contributed by atoms with Crippen molar-refractivity contribution in [3.8, 4) is 0 Å². The van der Waals surface area contributed by atoms with Crippen LogP contribution >= 0.6 is 15.9 Å². The summed E-state index contributed by atoms with van der Waals surface area (Å²) in [6, 6.07) is 8.80. The molecule has 1 aliphatic carbocycles. The lowest BCUT2D eigenvalue weighted by molar-refractivity contribution is -0.142. The molecule has 4 heteroatoms. The second-order valence-corrected chi connectivity index (χ2v) is 5.96. The minimum absolute atomic E-state index is 0.149. The maximum Gasteiger partial charge on any atom is 0.319 e. The summed E-state index contributed by atoms with van der Waals surface area (Å²) >= 11 is 3.44. The van der Waals surface area contributed by atoms with Crippen LogP contribution in [-0.2, 0) is 16.1 Å². The summed E-state index contributed by atoms with van der Waals surface area (Å²) in [6.45, 7) is 1.20. The van der Waals surface area contributed by atoms with Gasteiger partial charge in [-0.05, 0) is 30.5 Å². The summed E-state index contributed by atoms with van der Waals surface area (Å²) in [5.74, 6) is -0.149. The summed E-state index contributed by atoms with van der Waals surface area (Å²) in [7, 11) is 1.45. The highest BCUT2D eigenvalue weighted by Gasteiger charge is 2.24. The Morgan fingerprint density at radius 2 is 1.95 bits per heavy atom. The van der Waals surface area contributed by atoms with E-state index >= 15 is 0 Å². The molecule has 1 aromatic carbocycles. The number of hydrogen-bond donors (Lipinski definition) is 0. The Balaban J connectivity index is 2.03. The van der Waals surface area contributed by atoms with Gasteiger partial charge in [0.05, 0.1) is 13.7 Å². The molecule has 104 valence electrons. The predicted octanol–water partition coefficient (Wildman–Crippen LogP) is 3.37. The molecule has 0 radical (unpaired) electrons. The largest absolute Gasteiger partial charge is 0.468 e. The fourth-order valence-corrected chi connectivity index (χ4v) is 2.90. The molecule has 0 heterocycles. The number of methoxy groups -OCH3 is 1. The number of hydrogen-bond acceptors (Lipinski definition) is 3. The normalized spacial score (nSPS) is 15.9. The number of nitrogens with zero attached hydrogens (tertiary/aromatic N) is 1. The monoisotopic (exact) mass is 325 g/mol. The van der Waals surface area contributed by atoms with Gasteiger partial charge in [0.15, 0.2) is 0 Å². The molecule has 1 fully saturated rings. The van der Waals surface area contributed by atoms with Gasteiger partial charge in [-0.1, -0.05) is 40.9 Å². The molecule has 1 aliphatic rings. The zero-order chi connectivity index (χ0) is 13.7. The minimum atomic E-state index is -0.149. The van der Waals surface area contributed by atoms with E-state index in [2.05, 4.69) is 33.0 Å². The molecule has 19 heavy (non-hydrogen) atoms. The van der Waals surface area contributed by atoms with Crippen LogP contribution in [0.4, 0.5) is 0 Å². The third-order valence-corrected chi connectivity index (χ3v) is 4.23. The lowest BCUT2D eigenvalue weighted by atomic mass is 10.1. The molecule has 1 aromatic rings. The van der Waals surface area contributed by atoms with Crippen LogP contribution in [-0.4, -0.2) is 30.6 Å². The molecule has 0 atom stereocenters. The van der Waals surface area contributed by atoms with E-state index in [0.29, 0.717) is 12.6 Å². The number of carbonyl (C=O) groups is 1. The maximum absolute atomic E-state index is 11.6. The molecule has 0 saturated heterocycles. The average Bonchev–Trinajstić information content (AvgIpc) is 2.94. The van der Waals surface area contributed by atoms with Gasteiger partial charge in [0.25, 0.3) is 0 Å². The minimum Gasteiger partial charge on any atom is -0.468 e. The Hall–Kier alpha value is -0.870. The van der Waals surface area contributed by atoms with Crippen molar-refractivity contribution >= 4 is 21.9 Å². The Morgan fingerprint density at radius 1 is 1.32 bits per heavy atom. The van der Waals surface area contributed by atoms with Gasteiger partial charge in [-0.25, -0.2) is 0 Å². The lowest BCUT2D eigenvalue weighted by Gasteiger charge is -2.27. The smallest absolute Gasteiger partial charge is 0.319 e. The van der Waals surface area contributed by atoms with Crippen molar-refractivity contribution in [2.75, 3.05) is 13.7 Å². The molecular formula is C15H20BrNO2. The fourth-order valence-electron chi connectivity index (χ4n) is 2.64. The van der Waals surface area contributed by atoms with E-state index in [1.807, 2.05) is 12.1 Å². The Labute approximate surface area is 123 Å². The number of carbonyl (C=O) groups excluding carboxylic acids is 1. The molecular weight excluding hydrogens is 306 g/mol. The highest BCUT2D eigenvalue weighted by atomic mass is 79.9. The van der Waals surface area contributed by atoms with E-state index in [9.17, 15) is 4.79 Å². The summed E-state index contributed by atoms with van der Waals surface area (Å²) < 4.78 is 5.89. The summed E-state index contributed by atoms with van der Waals surface area (Å²) in [6.07, 6.45) is 4.91. The predicted molar refractivity (Wildman–Crippen MR) is 78.8 cm³/mol. The van der Waals surface area contributed by atoms with Crippen LogP contribution in [0.2, 0.25) is 0 Å². The average molecular weight is 326 g/mol. The number of ether oxygens (including phenoxy) is 1. The summed E-state index contributed by atoms with van der Waals surface area (Å²) in [5, 5.41) is 0. The number of halogens is 1. The Morgan fingerprint density at radius 3 is 2.53 bits per heavy atom. The molecule has 0 spiro atoms. The van der Waals surface area contributed by atoms with Gasteiger partial charge in [0, 0.05) is 17.1 Å². The molecule has 0 amide bonds. The number of rotatable bonds is 5. The number of esters is 1. The second-order valence-electron chi connectivity index (χ2n) is 5.05. The standard InChI is InChI=1S/C15H20BrNO2/c1-19-15(18)11-17(14-4-2-3-5-14)10-12-6-8-13(16)9-7-12/h6-9,14H,2-5,10-11H2,1H3. The molecule has 0 unspecified atom stereocenters. The molecule has 3 nitrogen and oxygen atoms in total. The Bertz CT molecular complexity index is 413. The van der Waals surface area contributed by atoms with Crippen molar-refractivity contribution in [2.45, 2.75) is 38.3 Å². The third-order valence-electron chi connectivity index (χ3n) is 3.70. The molecule has 1 saturated carbocycles. The van der Waals surface area contributed by atoms with Crippen molar-refractivity contribution in [2.24, 2.45) is 0 Å². The summed E-state index contributed by atoms with van der Waals surface area (Å²) in [4.78, 5) is 13.8. The molecule has 0 aliphatic heterocycles. The first-order chi connectivity index (χ1) is 9.19. The van der Waals surface area contributed by atoms with E-state index < -0.39 is 0 Å². The number of benzene rings is 1. The quantitative estimate of drug-likeness (QED) is 0.777. The van der Waals surface area contributed by atoms with Crippen LogP contribution in [0.3, 0.4) is 0 Å². The second kappa shape index (κ2) is 7.06. The van der Waals surface area contributed by atoms with Crippen molar-refractivity contribution < 1.29 is 9.53 Å². The SMILES string of the molecule is COC(=O)CN(Cc1ccc(Br)cc1)C1CCCC1. The van der Waals surface area contributed by atoms with Crippen molar-refractivity contribution in [1.82, 2.24) is 4.90 Å². The van der Waals surface area contributed by atoms with Crippen molar-refractivity contribution in [1.29, 1.82) is 0 Å². The zero-order valence-electron chi connectivity index (χ0n) is 11.3. The van der Waals surface area contributed by atoms with Gasteiger partial charge in [-0.15, -0.1) is 0 Å². The van der Waals surface area contributed by atoms with Crippen molar-refractivity contribution in [3.05, 3.63) is 34.3 Å². The Kier molecular flexibility index (Phi) is 5.40. The van der Waals surface area contributed by atoms with Gasteiger partial charge in [-0.2, -0.15) is 0 Å². The van der Waals surface area contributed by atoms with E-state index in [0.717, 1.165) is 11.0 Å². The topological polar surface area (TPSA) is 29.5 Å². The molecule has 2 rings (SSSR count). The van der Waals surface area contributed by atoms with Crippen LogP contribution in [0.15, 0.2) is 28.7 Å². The van der Waals surface area contributed by atoms with Gasteiger partial charge in [-0.3, -0.25) is 9.69 Å². The maximum atomic E-state index is 11.6. The zero-order valence-corrected chi connectivity index (χ0v) is 12.9. The first kappa shape index (κ1) is 14.5. The van der Waals surface area contributed by atoms with Crippen LogP contribution in [0.5, 0.6) is 0 Å². The van der Waals surface area contributed by atoms with Crippen LogP contribution in [0.1, 0.15) is 31.2 Å². The van der Waals surface area contributed by atoms with Crippen molar-refractivity contribution in [3.63, 3.8) is 0 Å². The van der Waals surface area contributed by atoms with Gasteiger partial charge in [0.2, 0.25) is 0 Å². The molecule has 0 bridgehead atoms. The van der Waals surface area contributed by atoms with E-state index in [1.165, 1.54) is 38.4 Å². The lowest BCUT2D eigenvalue weighted by Crippen LogP contribution is -2.37. The van der Waals surface area contributed by atoms with E-state index in [-0.39, 0.29) is 5.97 Å². The van der Waals surface area contributed by atoms with Crippen LogP contribution in [0, 0.1) is 0 Å². The van der Waals surface area contributed by atoms with Crippen LogP contribution in [0.25, 0.3) is 0 Å².